The second kappa shape index (κ2) is 3.95. The van der Waals surface area contributed by atoms with E-state index in [1.54, 1.807) is 13.3 Å². The zero-order valence-corrected chi connectivity index (χ0v) is 6.95. The van der Waals surface area contributed by atoms with Gasteiger partial charge in [-0.2, -0.15) is 0 Å². The van der Waals surface area contributed by atoms with Crippen LogP contribution in [0.25, 0.3) is 0 Å². The van der Waals surface area contributed by atoms with Gasteiger partial charge in [-0.05, 0) is 18.1 Å². The molecule has 0 unspecified atom stereocenters. The lowest BCUT2D eigenvalue weighted by atomic mass is 10.2. The largest absolute Gasteiger partial charge is 0.399 e. The van der Waals surface area contributed by atoms with Gasteiger partial charge in [0.05, 0.1) is 11.9 Å². The zero-order chi connectivity index (χ0) is 8.10. The van der Waals surface area contributed by atoms with Gasteiger partial charge in [0.1, 0.15) is 7.11 Å². The highest BCUT2D eigenvalue weighted by atomic mass is 16.7. The van der Waals surface area contributed by atoms with Gasteiger partial charge in [-0.3, -0.25) is 0 Å². The molecule has 0 aliphatic rings. The quantitative estimate of drug-likeness (QED) is 0.642. The van der Waals surface area contributed by atoms with E-state index in [1.165, 1.54) is 11.3 Å². The summed E-state index contributed by atoms with van der Waals surface area (Å²) < 4.78 is 0. The first-order valence-corrected chi connectivity index (χ1v) is 3.82. The molecule has 0 amide bonds. The van der Waals surface area contributed by atoms with Crippen LogP contribution < -0.4 is 4.84 Å². The van der Waals surface area contributed by atoms with Gasteiger partial charge in [-0.1, -0.05) is 18.2 Å². The minimum Gasteiger partial charge on any atom is -0.399 e. The van der Waals surface area contributed by atoms with Crippen LogP contribution in [0.5, 0.6) is 0 Å². The van der Waals surface area contributed by atoms with Crippen LogP contribution in [0.1, 0.15) is 25.5 Å². The lowest BCUT2D eigenvalue weighted by molar-refractivity contribution is 0.129. The maximum atomic E-state index is 4.82. The number of nitrogens with zero attached hydrogens (tertiary/aromatic N) is 3. The van der Waals surface area contributed by atoms with E-state index in [1.807, 2.05) is 0 Å². The smallest absolute Gasteiger partial charge is 0.106 e. The van der Waals surface area contributed by atoms with Crippen molar-refractivity contribution in [2.45, 2.75) is 26.2 Å². The molecule has 11 heavy (non-hydrogen) atoms. The molecule has 0 atom stereocenters. The Balaban J connectivity index is 2.44. The van der Waals surface area contributed by atoms with Crippen molar-refractivity contribution in [3.05, 3.63) is 11.9 Å². The van der Waals surface area contributed by atoms with E-state index in [2.05, 4.69) is 17.2 Å². The van der Waals surface area contributed by atoms with Crippen molar-refractivity contribution < 1.29 is 4.84 Å². The summed E-state index contributed by atoms with van der Waals surface area (Å²) in [5.74, 6) is 0. The maximum absolute atomic E-state index is 4.82. The van der Waals surface area contributed by atoms with Gasteiger partial charge in [0.25, 0.3) is 0 Å². The molecule has 1 aromatic rings. The molecule has 1 aromatic heterocycles. The maximum Gasteiger partial charge on any atom is 0.106 e. The predicted molar refractivity (Wildman–Crippen MR) is 41.1 cm³/mol. The van der Waals surface area contributed by atoms with Crippen LogP contribution in [-0.2, 0) is 6.42 Å². The highest BCUT2D eigenvalue weighted by molar-refractivity contribution is 4.90. The molecule has 0 saturated carbocycles. The molecule has 4 heteroatoms. The SMILES string of the molecule is CCCCc1cn(OC)nn1. The van der Waals surface area contributed by atoms with E-state index in [-0.39, 0.29) is 0 Å². The van der Waals surface area contributed by atoms with Gasteiger partial charge in [0, 0.05) is 0 Å². The van der Waals surface area contributed by atoms with E-state index in [0.717, 1.165) is 18.5 Å². The number of unbranched alkanes of at least 4 members (excludes halogenated alkanes) is 1. The van der Waals surface area contributed by atoms with Gasteiger partial charge in [-0.25, -0.2) is 0 Å². The van der Waals surface area contributed by atoms with Crippen LogP contribution in [0.2, 0.25) is 0 Å². The van der Waals surface area contributed by atoms with Crippen LogP contribution >= 0.6 is 0 Å². The molecular weight excluding hydrogens is 142 g/mol. The van der Waals surface area contributed by atoms with Crippen molar-refractivity contribution >= 4 is 0 Å². The average molecular weight is 155 g/mol. The number of aryl methyl sites for hydroxylation is 1. The van der Waals surface area contributed by atoms with E-state index >= 15 is 0 Å². The first kappa shape index (κ1) is 8.04. The summed E-state index contributed by atoms with van der Waals surface area (Å²) >= 11 is 0. The standard InChI is InChI=1S/C7H13N3O/c1-3-4-5-7-6-10(11-2)9-8-7/h6H,3-5H2,1-2H3. The first-order chi connectivity index (χ1) is 5.36. The molecule has 1 rings (SSSR count). The van der Waals surface area contributed by atoms with Crippen molar-refractivity contribution in [1.82, 2.24) is 15.2 Å². The highest BCUT2D eigenvalue weighted by Gasteiger charge is 1.97. The van der Waals surface area contributed by atoms with Crippen molar-refractivity contribution in [2.75, 3.05) is 7.11 Å². The molecule has 0 spiro atoms. The molecule has 0 aliphatic heterocycles. The zero-order valence-electron chi connectivity index (χ0n) is 6.95. The van der Waals surface area contributed by atoms with Crippen molar-refractivity contribution in [1.29, 1.82) is 0 Å². The third-order valence-corrected chi connectivity index (χ3v) is 1.49. The van der Waals surface area contributed by atoms with Crippen molar-refractivity contribution in [3.63, 3.8) is 0 Å². The Morgan fingerprint density at radius 2 is 2.45 bits per heavy atom. The topological polar surface area (TPSA) is 39.9 Å². The summed E-state index contributed by atoms with van der Waals surface area (Å²) in [5, 5.41) is 7.64. The van der Waals surface area contributed by atoms with Gasteiger partial charge < -0.3 is 4.84 Å². The fraction of sp³-hybridized carbons (Fsp3) is 0.714. The molecule has 0 aliphatic carbocycles. The van der Waals surface area contributed by atoms with Crippen LogP contribution in [0.15, 0.2) is 6.20 Å². The Morgan fingerprint density at radius 1 is 1.64 bits per heavy atom. The van der Waals surface area contributed by atoms with Crippen LogP contribution in [0.3, 0.4) is 0 Å². The van der Waals surface area contributed by atoms with Crippen molar-refractivity contribution in [2.24, 2.45) is 0 Å². The molecule has 0 radical (unpaired) electrons. The second-order valence-electron chi connectivity index (χ2n) is 2.40. The third kappa shape index (κ3) is 2.22. The number of hydrogen-bond donors (Lipinski definition) is 0. The lowest BCUT2D eigenvalue weighted by Crippen LogP contribution is -2.05. The Bertz CT molecular complexity index is 209. The lowest BCUT2D eigenvalue weighted by Gasteiger charge is -1.92. The minimum atomic E-state index is 0.986. The normalized spacial score (nSPS) is 10.0. The summed E-state index contributed by atoms with van der Waals surface area (Å²) in [5.41, 5.74) is 0.994. The molecular formula is C7H13N3O. The summed E-state index contributed by atoms with van der Waals surface area (Å²) in [7, 11) is 1.57. The highest BCUT2D eigenvalue weighted by Crippen LogP contribution is 1.98. The summed E-state index contributed by atoms with van der Waals surface area (Å²) in [6.07, 6.45) is 5.12. The Hall–Kier alpha value is -1.06. The fourth-order valence-corrected chi connectivity index (χ4v) is 0.842. The fourth-order valence-electron chi connectivity index (χ4n) is 0.842. The molecule has 1 heterocycles. The van der Waals surface area contributed by atoms with Gasteiger partial charge in [0.2, 0.25) is 0 Å². The van der Waals surface area contributed by atoms with Gasteiger partial charge >= 0.3 is 0 Å². The molecule has 0 saturated heterocycles. The predicted octanol–water partition coefficient (Wildman–Crippen LogP) is 0.679. The molecule has 0 fully saturated rings. The van der Waals surface area contributed by atoms with Crippen LogP contribution in [0.4, 0.5) is 0 Å². The molecule has 0 N–H and O–H groups in total. The van der Waals surface area contributed by atoms with E-state index in [9.17, 15) is 0 Å². The molecule has 4 nitrogen and oxygen atoms in total. The molecule has 0 aromatic carbocycles. The third-order valence-electron chi connectivity index (χ3n) is 1.49. The van der Waals surface area contributed by atoms with Crippen LogP contribution in [-0.4, -0.2) is 22.3 Å². The summed E-state index contributed by atoms with van der Waals surface area (Å²) in [6, 6.07) is 0. The number of hydrogen-bond acceptors (Lipinski definition) is 3. The molecule has 0 bridgehead atoms. The Labute approximate surface area is 66.1 Å². The van der Waals surface area contributed by atoms with E-state index in [4.69, 9.17) is 4.84 Å². The number of rotatable bonds is 4. The second-order valence-corrected chi connectivity index (χ2v) is 2.40. The Kier molecular flexibility index (Phi) is 2.89. The summed E-state index contributed by atoms with van der Waals surface area (Å²) in [4.78, 5) is 6.18. The molecule has 62 valence electrons. The van der Waals surface area contributed by atoms with Gasteiger partial charge in [0.15, 0.2) is 0 Å². The first-order valence-electron chi connectivity index (χ1n) is 3.82. The van der Waals surface area contributed by atoms with E-state index in [0.29, 0.717) is 0 Å². The van der Waals surface area contributed by atoms with Gasteiger partial charge in [-0.15, -0.1) is 5.10 Å². The van der Waals surface area contributed by atoms with E-state index < -0.39 is 0 Å². The minimum absolute atomic E-state index is 0.986. The average Bonchev–Trinajstić information content (AvgIpc) is 2.48. The van der Waals surface area contributed by atoms with Crippen LogP contribution in [0, 0.1) is 0 Å². The van der Waals surface area contributed by atoms with Crippen molar-refractivity contribution in [3.8, 4) is 0 Å². The number of aromatic nitrogens is 3. The summed E-state index contributed by atoms with van der Waals surface area (Å²) in [6.45, 7) is 2.15. The Morgan fingerprint density at radius 3 is 3.00 bits per heavy atom. The monoisotopic (exact) mass is 155 g/mol.